The van der Waals surface area contributed by atoms with Crippen molar-refractivity contribution in [3.63, 3.8) is 0 Å². The van der Waals surface area contributed by atoms with Crippen LogP contribution in [0.2, 0.25) is 4.34 Å². The average Bonchev–Trinajstić information content (AvgIpc) is 2.48. The summed E-state index contributed by atoms with van der Waals surface area (Å²) in [6.45, 7) is 2.16. The summed E-state index contributed by atoms with van der Waals surface area (Å²) in [4.78, 5) is 3.70. The molecule has 0 aliphatic heterocycles. The third-order valence-electron chi connectivity index (χ3n) is 2.90. The Kier molecular flexibility index (Phi) is 3.67. The molecule has 1 saturated carbocycles. The molecule has 2 N–H and O–H groups in total. The van der Waals surface area contributed by atoms with E-state index in [1.54, 1.807) is 11.3 Å². The predicted octanol–water partition coefficient (Wildman–Crippen LogP) is 2.57. The summed E-state index contributed by atoms with van der Waals surface area (Å²) >= 11 is 7.56. The second-order valence-corrected chi connectivity index (χ2v) is 6.30. The van der Waals surface area contributed by atoms with Crippen molar-refractivity contribution in [1.29, 1.82) is 0 Å². The summed E-state index contributed by atoms with van der Waals surface area (Å²) in [5.74, 6) is 0.806. The largest absolute Gasteiger partial charge is 0.328 e. The monoisotopic (exact) mass is 244 g/mol. The lowest BCUT2D eigenvalue weighted by Gasteiger charge is -2.35. The van der Waals surface area contributed by atoms with Crippen LogP contribution >= 0.6 is 22.9 Å². The van der Waals surface area contributed by atoms with E-state index >= 15 is 0 Å². The van der Waals surface area contributed by atoms with E-state index in [0.717, 1.165) is 23.3 Å². The van der Waals surface area contributed by atoms with Gasteiger partial charge in [0, 0.05) is 24.0 Å². The third kappa shape index (κ3) is 3.18. The van der Waals surface area contributed by atoms with Crippen LogP contribution in [0.5, 0.6) is 0 Å². The Labute approximate surface area is 100 Å². The number of rotatable bonds is 4. The van der Waals surface area contributed by atoms with Gasteiger partial charge in [0.1, 0.15) is 0 Å². The van der Waals surface area contributed by atoms with Crippen molar-refractivity contribution in [3.8, 4) is 0 Å². The van der Waals surface area contributed by atoms with E-state index in [0.29, 0.717) is 6.04 Å². The van der Waals surface area contributed by atoms with Gasteiger partial charge in [0.15, 0.2) is 0 Å². The highest BCUT2D eigenvalue weighted by Crippen LogP contribution is 2.27. The van der Waals surface area contributed by atoms with Gasteiger partial charge in [0.05, 0.1) is 4.34 Å². The molecule has 2 nitrogen and oxygen atoms in total. The molecule has 4 heteroatoms. The zero-order valence-electron chi connectivity index (χ0n) is 8.95. The molecule has 84 valence electrons. The van der Waals surface area contributed by atoms with Crippen molar-refractivity contribution < 1.29 is 0 Å². The molecule has 1 aromatic heterocycles. The van der Waals surface area contributed by atoms with Crippen LogP contribution in [0.4, 0.5) is 0 Å². The first kappa shape index (κ1) is 11.4. The molecule has 0 spiro atoms. The minimum atomic E-state index is 0.458. The van der Waals surface area contributed by atoms with Gasteiger partial charge >= 0.3 is 0 Å². The maximum absolute atomic E-state index is 5.89. The van der Waals surface area contributed by atoms with Crippen molar-refractivity contribution in [3.05, 3.63) is 21.3 Å². The van der Waals surface area contributed by atoms with E-state index in [1.807, 2.05) is 6.07 Å². The summed E-state index contributed by atoms with van der Waals surface area (Å²) < 4.78 is 0.879. The smallest absolute Gasteiger partial charge is 0.0931 e. The Bertz CT molecular complexity index is 320. The maximum atomic E-state index is 5.89. The summed E-state index contributed by atoms with van der Waals surface area (Å²) in [5, 5.41) is 0. The molecule has 1 heterocycles. The fourth-order valence-electron chi connectivity index (χ4n) is 2.14. The maximum Gasteiger partial charge on any atom is 0.0931 e. The number of nitrogens with zero attached hydrogens (tertiary/aromatic N) is 1. The lowest BCUT2D eigenvalue weighted by atomic mass is 9.80. The lowest BCUT2D eigenvalue weighted by Crippen LogP contribution is -2.41. The highest BCUT2D eigenvalue weighted by molar-refractivity contribution is 7.16. The van der Waals surface area contributed by atoms with E-state index in [-0.39, 0.29) is 0 Å². The van der Waals surface area contributed by atoms with Crippen LogP contribution < -0.4 is 5.73 Å². The van der Waals surface area contributed by atoms with E-state index in [1.165, 1.54) is 17.7 Å². The number of hydrogen-bond acceptors (Lipinski definition) is 3. The van der Waals surface area contributed by atoms with Gasteiger partial charge in [0.2, 0.25) is 0 Å². The van der Waals surface area contributed by atoms with Crippen molar-refractivity contribution in [2.75, 3.05) is 13.6 Å². The molecule has 1 fully saturated rings. The highest BCUT2D eigenvalue weighted by Gasteiger charge is 2.26. The molecule has 2 rings (SSSR count). The van der Waals surface area contributed by atoms with Crippen molar-refractivity contribution in [2.45, 2.75) is 25.4 Å². The van der Waals surface area contributed by atoms with Crippen LogP contribution in [-0.4, -0.2) is 24.5 Å². The number of halogens is 1. The summed E-state index contributed by atoms with van der Waals surface area (Å²) in [7, 11) is 2.16. The van der Waals surface area contributed by atoms with Gasteiger partial charge in [-0.2, -0.15) is 0 Å². The van der Waals surface area contributed by atoms with E-state index in [9.17, 15) is 0 Å². The molecule has 0 aromatic carbocycles. The fraction of sp³-hybridized carbons (Fsp3) is 0.636. The van der Waals surface area contributed by atoms with Crippen LogP contribution in [0.15, 0.2) is 12.1 Å². The minimum Gasteiger partial charge on any atom is -0.328 e. The Hall–Kier alpha value is -0.0900. The topological polar surface area (TPSA) is 29.3 Å². The van der Waals surface area contributed by atoms with Crippen molar-refractivity contribution >= 4 is 22.9 Å². The van der Waals surface area contributed by atoms with E-state index in [2.05, 4.69) is 18.0 Å². The third-order valence-corrected chi connectivity index (χ3v) is 4.11. The number of hydrogen-bond donors (Lipinski definition) is 1. The molecule has 0 unspecified atom stereocenters. The first-order valence-electron chi connectivity index (χ1n) is 5.32. The lowest BCUT2D eigenvalue weighted by molar-refractivity contribution is 0.179. The van der Waals surface area contributed by atoms with Crippen LogP contribution in [-0.2, 0) is 6.54 Å². The highest BCUT2D eigenvalue weighted by atomic mass is 35.5. The van der Waals surface area contributed by atoms with Gasteiger partial charge in [-0.25, -0.2) is 0 Å². The van der Waals surface area contributed by atoms with Crippen molar-refractivity contribution in [2.24, 2.45) is 11.7 Å². The van der Waals surface area contributed by atoms with Crippen LogP contribution in [0.25, 0.3) is 0 Å². The molecule has 15 heavy (non-hydrogen) atoms. The van der Waals surface area contributed by atoms with Crippen LogP contribution in [0.1, 0.15) is 17.7 Å². The summed E-state index contributed by atoms with van der Waals surface area (Å²) in [6.07, 6.45) is 2.38. The van der Waals surface area contributed by atoms with Gasteiger partial charge in [-0.05, 0) is 37.9 Å². The summed E-state index contributed by atoms with van der Waals surface area (Å²) in [6, 6.07) is 4.53. The van der Waals surface area contributed by atoms with Gasteiger partial charge in [0.25, 0.3) is 0 Å². The first-order chi connectivity index (χ1) is 7.13. The molecule has 1 aliphatic rings. The number of nitrogens with two attached hydrogens (primary N) is 1. The molecular formula is C11H17ClN2S. The van der Waals surface area contributed by atoms with Gasteiger partial charge in [-0.15, -0.1) is 11.3 Å². The number of thiophene rings is 1. The van der Waals surface area contributed by atoms with Gasteiger partial charge in [-0.3, -0.25) is 0 Å². The van der Waals surface area contributed by atoms with Gasteiger partial charge in [-0.1, -0.05) is 11.6 Å². The second-order valence-electron chi connectivity index (χ2n) is 4.50. The van der Waals surface area contributed by atoms with Gasteiger partial charge < -0.3 is 10.6 Å². The Morgan fingerprint density at radius 1 is 1.53 bits per heavy atom. The minimum absolute atomic E-state index is 0.458. The molecule has 0 bridgehead atoms. The quantitative estimate of drug-likeness (QED) is 0.882. The summed E-state index contributed by atoms with van der Waals surface area (Å²) in [5.41, 5.74) is 5.77. The molecule has 1 aromatic rings. The standard InChI is InChI=1S/C11H17ClN2S/c1-14(6-8-4-9(13)5-8)7-10-2-3-11(12)15-10/h2-3,8-9H,4-7,13H2,1H3. The van der Waals surface area contributed by atoms with E-state index in [4.69, 9.17) is 17.3 Å². The normalized spacial score (nSPS) is 25.6. The second kappa shape index (κ2) is 4.83. The SMILES string of the molecule is CN(Cc1ccc(Cl)s1)CC1CC(N)C1. The zero-order valence-corrected chi connectivity index (χ0v) is 10.5. The molecule has 0 amide bonds. The zero-order chi connectivity index (χ0) is 10.8. The molecule has 0 radical (unpaired) electrons. The Balaban J connectivity index is 1.75. The predicted molar refractivity (Wildman–Crippen MR) is 66.4 cm³/mol. The average molecular weight is 245 g/mol. The molecular weight excluding hydrogens is 228 g/mol. The fourth-order valence-corrected chi connectivity index (χ4v) is 3.31. The Morgan fingerprint density at radius 2 is 2.27 bits per heavy atom. The Morgan fingerprint density at radius 3 is 2.80 bits per heavy atom. The first-order valence-corrected chi connectivity index (χ1v) is 6.51. The molecule has 0 atom stereocenters. The molecule has 1 aliphatic carbocycles. The van der Waals surface area contributed by atoms with Crippen molar-refractivity contribution in [1.82, 2.24) is 4.90 Å². The van der Waals surface area contributed by atoms with E-state index < -0.39 is 0 Å². The molecule has 0 saturated heterocycles. The van der Waals surface area contributed by atoms with Crippen LogP contribution in [0, 0.1) is 5.92 Å². The van der Waals surface area contributed by atoms with Crippen LogP contribution in [0.3, 0.4) is 0 Å².